The highest BCUT2D eigenvalue weighted by Gasteiger charge is 2.51. The molecule has 0 bridgehead atoms. The highest BCUT2D eigenvalue weighted by Crippen LogP contribution is 2.41. The van der Waals surface area contributed by atoms with Gasteiger partial charge in [0.25, 0.3) is 0 Å². The van der Waals surface area contributed by atoms with Crippen LogP contribution in [0.5, 0.6) is 5.75 Å². The molecule has 1 aliphatic heterocycles. The van der Waals surface area contributed by atoms with Crippen LogP contribution in [0, 0.1) is 11.3 Å². The van der Waals surface area contributed by atoms with Crippen molar-refractivity contribution in [3.63, 3.8) is 0 Å². The number of aliphatic hydroxyl groups excluding tert-OH is 1. The van der Waals surface area contributed by atoms with Gasteiger partial charge in [-0.2, -0.15) is 5.26 Å². The molecule has 1 heterocycles. The van der Waals surface area contributed by atoms with Gasteiger partial charge in [-0.15, -0.1) is 0 Å². The minimum atomic E-state index is -0.595. The number of carbonyl (C=O) groups excluding carboxylic acids is 1. The summed E-state index contributed by atoms with van der Waals surface area (Å²) in [5, 5.41) is 22.2. The molecule has 2 N–H and O–H groups in total. The summed E-state index contributed by atoms with van der Waals surface area (Å²) in [6.07, 6.45) is 0. The lowest BCUT2D eigenvalue weighted by Crippen LogP contribution is -2.67. The van der Waals surface area contributed by atoms with Crippen molar-refractivity contribution < 1.29 is 14.6 Å². The summed E-state index contributed by atoms with van der Waals surface area (Å²) in [5.41, 5.74) is 3.06. The molecule has 6 heteroatoms. The maximum atomic E-state index is 12.4. The Hall–Kier alpha value is -3.04. The molecule has 0 aromatic heterocycles. The average molecular weight is 379 g/mol. The van der Waals surface area contributed by atoms with E-state index in [1.54, 1.807) is 7.11 Å². The molecule has 0 unspecified atom stereocenters. The van der Waals surface area contributed by atoms with Gasteiger partial charge in [0.2, 0.25) is 0 Å². The second-order valence-electron chi connectivity index (χ2n) is 7.21. The summed E-state index contributed by atoms with van der Waals surface area (Å²) in [5.74, 6) is 0.593. The fourth-order valence-corrected chi connectivity index (χ4v) is 3.69. The number of ether oxygens (including phenoxy) is 1. The predicted molar refractivity (Wildman–Crippen MR) is 107 cm³/mol. The van der Waals surface area contributed by atoms with Gasteiger partial charge in [0.05, 0.1) is 25.8 Å². The first-order valence-corrected chi connectivity index (χ1v) is 9.33. The van der Waals surface area contributed by atoms with Crippen molar-refractivity contribution in [1.29, 1.82) is 5.26 Å². The Morgan fingerprint density at radius 1 is 1.18 bits per heavy atom. The molecule has 1 aliphatic rings. The maximum absolute atomic E-state index is 12.4. The fourth-order valence-electron chi connectivity index (χ4n) is 3.69. The van der Waals surface area contributed by atoms with E-state index in [4.69, 9.17) is 4.74 Å². The number of aliphatic hydroxyl groups is 1. The molecule has 146 valence electrons. The van der Waals surface area contributed by atoms with E-state index >= 15 is 0 Å². The highest BCUT2D eigenvalue weighted by molar-refractivity contribution is 5.77. The molecule has 1 fully saturated rings. The number of rotatable bonds is 5. The van der Waals surface area contributed by atoms with E-state index in [2.05, 4.69) is 11.4 Å². The van der Waals surface area contributed by atoms with Crippen LogP contribution in [0.2, 0.25) is 0 Å². The maximum Gasteiger partial charge on any atom is 0.319 e. The fraction of sp³-hybridized carbons (Fsp3) is 0.364. The van der Waals surface area contributed by atoms with E-state index in [1.807, 2.05) is 62.4 Å². The smallest absolute Gasteiger partial charge is 0.319 e. The standard InChI is InChI=1S/C22H25N3O3/c1-14(2)24-22(27)25-19(12-23)21(20(25)13-26)17-6-4-15(5-7-17)16-8-10-18(28-3)11-9-16/h4-11,14,19-21,26H,13H2,1-3H3,(H,24,27)/t19-,20+,21-/m1/s1. The second-order valence-corrected chi connectivity index (χ2v) is 7.21. The van der Waals surface area contributed by atoms with Crippen LogP contribution in [-0.4, -0.2) is 47.9 Å². The number of urea groups is 1. The molecule has 0 aliphatic carbocycles. The van der Waals surface area contributed by atoms with Crippen LogP contribution in [-0.2, 0) is 0 Å². The lowest BCUT2D eigenvalue weighted by Gasteiger charge is -2.51. The molecule has 2 aromatic carbocycles. The van der Waals surface area contributed by atoms with Gasteiger partial charge in [-0.3, -0.25) is 0 Å². The summed E-state index contributed by atoms with van der Waals surface area (Å²) >= 11 is 0. The van der Waals surface area contributed by atoms with Gasteiger partial charge in [0.1, 0.15) is 11.8 Å². The van der Waals surface area contributed by atoms with Crippen molar-refractivity contribution in [2.24, 2.45) is 0 Å². The van der Waals surface area contributed by atoms with Crippen LogP contribution >= 0.6 is 0 Å². The number of nitrogens with zero attached hydrogens (tertiary/aromatic N) is 2. The van der Waals surface area contributed by atoms with E-state index in [0.717, 1.165) is 22.4 Å². The summed E-state index contributed by atoms with van der Waals surface area (Å²) in [4.78, 5) is 13.8. The second kappa shape index (κ2) is 8.32. The van der Waals surface area contributed by atoms with E-state index in [0.29, 0.717) is 0 Å². The third-order valence-electron chi connectivity index (χ3n) is 5.10. The Labute approximate surface area is 165 Å². The molecule has 6 nitrogen and oxygen atoms in total. The van der Waals surface area contributed by atoms with Crippen LogP contribution in [0.1, 0.15) is 25.3 Å². The van der Waals surface area contributed by atoms with Crippen LogP contribution < -0.4 is 10.1 Å². The Balaban J connectivity index is 1.80. The number of benzene rings is 2. The van der Waals surface area contributed by atoms with E-state index in [-0.39, 0.29) is 24.6 Å². The summed E-state index contributed by atoms with van der Waals surface area (Å²) in [6.45, 7) is 3.54. The van der Waals surface area contributed by atoms with Gasteiger partial charge in [-0.05, 0) is 42.7 Å². The van der Waals surface area contributed by atoms with Crippen molar-refractivity contribution in [2.75, 3.05) is 13.7 Å². The minimum absolute atomic E-state index is 0.0333. The summed E-state index contributed by atoms with van der Waals surface area (Å²) in [6, 6.07) is 16.6. The monoisotopic (exact) mass is 379 g/mol. The van der Waals surface area contributed by atoms with Gasteiger partial charge in [0, 0.05) is 12.0 Å². The molecule has 0 saturated carbocycles. The van der Waals surface area contributed by atoms with Gasteiger partial charge in [0.15, 0.2) is 0 Å². The lowest BCUT2D eigenvalue weighted by molar-refractivity contribution is 0.0162. The van der Waals surface area contributed by atoms with Crippen LogP contribution in [0.15, 0.2) is 48.5 Å². The molecular weight excluding hydrogens is 354 g/mol. The normalized spacial score (nSPS) is 21.0. The molecule has 3 rings (SSSR count). The zero-order valence-electron chi connectivity index (χ0n) is 16.3. The van der Waals surface area contributed by atoms with Crippen LogP contribution in [0.25, 0.3) is 11.1 Å². The average Bonchev–Trinajstić information content (AvgIpc) is 2.68. The number of nitriles is 1. The molecule has 3 atom stereocenters. The van der Waals surface area contributed by atoms with E-state index < -0.39 is 12.1 Å². The number of hydrogen-bond donors (Lipinski definition) is 2. The predicted octanol–water partition coefficient (Wildman–Crippen LogP) is 3.13. The first kappa shape index (κ1) is 19.7. The third kappa shape index (κ3) is 3.67. The third-order valence-corrected chi connectivity index (χ3v) is 5.10. The zero-order valence-corrected chi connectivity index (χ0v) is 16.3. The molecule has 0 spiro atoms. The first-order chi connectivity index (χ1) is 13.5. The van der Waals surface area contributed by atoms with Crippen LogP contribution in [0.3, 0.4) is 0 Å². The quantitative estimate of drug-likeness (QED) is 0.836. The minimum Gasteiger partial charge on any atom is -0.497 e. The molecular formula is C22H25N3O3. The van der Waals surface area contributed by atoms with Gasteiger partial charge in [-0.1, -0.05) is 36.4 Å². The van der Waals surface area contributed by atoms with Gasteiger partial charge < -0.3 is 20.1 Å². The molecule has 2 amide bonds. The highest BCUT2D eigenvalue weighted by atomic mass is 16.5. The van der Waals surface area contributed by atoms with E-state index in [9.17, 15) is 15.2 Å². The Morgan fingerprint density at radius 3 is 2.21 bits per heavy atom. The largest absolute Gasteiger partial charge is 0.497 e. The van der Waals surface area contributed by atoms with E-state index in [1.165, 1.54) is 4.90 Å². The summed E-state index contributed by atoms with van der Waals surface area (Å²) in [7, 11) is 1.64. The van der Waals surface area contributed by atoms with Crippen LogP contribution in [0.4, 0.5) is 4.79 Å². The Morgan fingerprint density at radius 2 is 1.75 bits per heavy atom. The number of amides is 2. The number of likely N-dealkylation sites (tertiary alicyclic amines) is 1. The van der Waals surface area contributed by atoms with Crippen molar-refractivity contribution >= 4 is 6.03 Å². The summed E-state index contributed by atoms with van der Waals surface area (Å²) < 4.78 is 5.19. The van der Waals surface area contributed by atoms with Crippen molar-refractivity contribution in [1.82, 2.24) is 10.2 Å². The van der Waals surface area contributed by atoms with Gasteiger partial charge in [-0.25, -0.2) is 4.79 Å². The van der Waals surface area contributed by atoms with Crippen molar-refractivity contribution in [2.45, 2.75) is 37.9 Å². The number of hydrogen-bond acceptors (Lipinski definition) is 4. The topological polar surface area (TPSA) is 85.6 Å². The SMILES string of the molecule is COc1ccc(-c2ccc([C@@H]3[C@@H](C#N)N(C(=O)NC(C)C)[C@H]3CO)cc2)cc1. The zero-order chi connectivity index (χ0) is 20.3. The first-order valence-electron chi connectivity index (χ1n) is 9.33. The van der Waals surface area contributed by atoms with Crippen molar-refractivity contribution in [3.05, 3.63) is 54.1 Å². The molecule has 0 radical (unpaired) electrons. The lowest BCUT2D eigenvalue weighted by atomic mass is 9.75. The number of nitrogens with one attached hydrogen (secondary N) is 1. The number of methoxy groups -OCH3 is 1. The molecule has 1 saturated heterocycles. The molecule has 2 aromatic rings. The van der Waals surface area contributed by atoms with Gasteiger partial charge >= 0.3 is 6.03 Å². The molecule has 28 heavy (non-hydrogen) atoms. The Kier molecular flexibility index (Phi) is 5.86. The van der Waals surface area contributed by atoms with Crippen molar-refractivity contribution in [3.8, 4) is 22.9 Å². The number of carbonyl (C=O) groups is 1. The Bertz CT molecular complexity index is 856.